The van der Waals surface area contributed by atoms with Gasteiger partial charge in [-0.1, -0.05) is 47.1 Å². The zero-order chi connectivity index (χ0) is 22.8. The highest BCUT2D eigenvalue weighted by atomic mass is 35.5. The Morgan fingerprint density at radius 3 is 2.66 bits per heavy atom. The average molecular weight is 467 g/mol. The van der Waals surface area contributed by atoms with Crippen molar-refractivity contribution in [3.63, 3.8) is 0 Å². The summed E-state index contributed by atoms with van der Waals surface area (Å²) in [5.41, 5.74) is 4.83. The van der Waals surface area contributed by atoms with Crippen molar-refractivity contribution in [1.29, 1.82) is 0 Å². The minimum absolute atomic E-state index is 0.0989. The zero-order valence-electron chi connectivity index (χ0n) is 18.1. The van der Waals surface area contributed by atoms with Crippen molar-refractivity contribution in [3.8, 4) is 11.6 Å². The average Bonchev–Trinajstić information content (AvgIpc) is 3.32. The van der Waals surface area contributed by atoms with Gasteiger partial charge in [0, 0.05) is 22.6 Å². The molecule has 32 heavy (non-hydrogen) atoms. The Hall–Kier alpha value is -3.03. The molecular formula is C24H23ClN4O2S. The number of allylic oxidation sites excluding steroid dienone is 1. The van der Waals surface area contributed by atoms with Crippen LogP contribution < -0.4 is 5.32 Å². The van der Waals surface area contributed by atoms with E-state index in [1.165, 1.54) is 17.3 Å². The standard InChI is InChI=1S/C24H23ClN4O2S/c1-5-8-29-23(20-12-17-11-18(25)6-7-19(17)31-20)27-28-24(29)32-13-21(30)26-22-15(3)9-14(2)10-16(22)4/h5-7,9-12H,1,8,13H2,2-4H3,(H,26,30). The molecule has 0 unspecified atom stereocenters. The van der Waals surface area contributed by atoms with Crippen molar-refractivity contribution in [2.75, 3.05) is 11.1 Å². The number of hydrogen-bond acceptors (Lipinski definition) is 5. The molecule has 4 rings (SSSR count). The number of fused-ring (bicyclic) bond motifs is 1. The molecule has 0 saturated heterocycles. The second-order valence-corrected chi connectivity index (χ2v) is 8.99. The van der Waals surface area contributed by atoms with Crippen LogP contribution >= 0.6 is 23.4 Å². The van der Waals surface area contributed by atoms with Crippen LogP contribution in [0.1, 0.15) is 16.7 Å². The number of thioether (sulfide) groups is 1. The molecule has 8 heteroatoms. The van der Waals surface area contributed by atoms with Crippen LogP contribution in [0.15, 0.2) is 58.6 Å². The number of carbonyl (C=O) groups excluding carboxylic acids is 1. The third-order valence-electron chi connectivity index (χ3n) is 5.00. The number of aromatic nitrogens is 3. The van der Waals surface area contributed by atoms with E-state index in [4.69, 9.17) is 16.0 Å². The quantitative estimate of drug-likeness (QED) is 0.260. The first-order valence-electron chi connectivity index (χ1n) is 10.1. The molecule has 0 bridgehead atoms. The lowest BCUT2D eigenvalue weighted by molar-refractivity contribution is -0.113. The van der Waals surface area contributed by atoms with Crippen LogP contribution in [0.5, 0.6) is 0 Å². The second kappa shape index (κ2) is 9.22. The third-order valence-corrected chi connectivity index (χ3v) is 6.20. The Kier molecular flexibility index (Phi) is 6.39. The van der Waals surface area contributed by atoms with E-state index in [1.54, 1.807) is 12.1 Å². The van der Waals surface area contributed by atoms with Gasteiger partial charge >= 0.3 is 0 Å². The summed E-state index contributed by atoms with van der Waals surface area (Å²) in [7, 11) is 0. The van der Waals surface area contributed by atoms with E-state index in [1.807, 2.05) is 43.5 Å². The topological polar surface area (TPSA) is 73.0 Å². The first-order valence-corrected chi connectivity index (χ1v) is 11.5. The Balaban J connectivity index is 1.53. The second-order valence-electron chi connectivity index (χ2n) is 7.61. The predicted molar refractivity (Wildman–Crippen MR) is 130 cm³/mol. The molecule has 164 valence electrons. The first-order chi connectivity index (χ1) is 15.4. The fourth-order valence-electron chi connectivity index (χ4n) is 3.68. The molecular weight excluding hydrogens is 444 g/mol. The molecule has 0 fully saturated rings. The van der Waals surface area contributed by atoms with Gasteiger partial charge in [-0.2, -0.15) is 0 Å². The number of benzene rings is 2. The Morgan fingerprint density at radius 1 is 1.19 bits per heavy atom. The van der Waals surface area contributed by atoms with E-state index in [-0.39, 0.29) is 11.7 Å². The van der Waals surface area contributed by atoms with Gasteiger partial charge < -0.3 is 9.73 Å². The Morgan fingerprint density at radius 2 is 1.94 bits per heavy atom. The van der Waals surface area contributed by atoms with Gasteiger partial charge in [-0.3, -0.25) is 9.36 Å². The van der Waals surface area contributed by atoms with E-state index in [0.29, 0.717) is 28.3 Å². The molecule has 0 radical (unpaired) electrons. The molecule has 2 heterocycles. The molecule has 0 aliphatic rings. The van der Waals surface area contributed by atoms with Gasteiger partial charge in [0.05, 0.1) is 5.75 Å². The summed E-state index contributed by atoms with van der Waals surface area (Å²) in [6.45, 7) is 10.4. The molecule has 0 saturated carbocycles. The number of nitrogens with one attached hydrogen (secondary N) is 1. The highest BCUT2D eigenvalue weighted by Crippen LogP contribution is 2.31. The van der Waals surface area contributed by atoms with Crippen molar-refractivity contribution < 1.29 is 9.21 Å². The first kappa shape index (κ1) is 22.2. The maximum atomic E-state index is 12.6. The smallest absolute Gasteiger partial charge is 0.234 e. The number of furan rings is 1. The number of rotatable bonds is 7. The normalized spacial score (nSPS) is 11.1. The number of hydrogen-bond donors (Lipinski definition) is 1. The van der Waals surface area contributed by atoms with Gasteiger partial charge in [0.2, 0.25) is 11.7 Å². The summed E-state index contributed by atoms with van der Waals surface area (Å²) in [6.07, 6.45) is 1.76. The highest BCUT2D eigenvalue weighted by molar-refractivity contribution is 7.99. The number of anilines is 1. The summed E-state index contributed by atoms with van der Waals surface area (Å²) >= 11 is 7.41. The summed E-state index contributed by atoms with van der Waals surface area (Å²) in [5.74, 6) is 1.26. The van der Waals surface area contributed by atoms with Crippen molar-refractivity contribution in [1.82, 2.24) is 14.8 Å². The molecule has 0 atom stereocenters. The predicted octanol–water partition coefficient (Wildman–Crippen LogP) is 6.19. The molecule has 2 aromatic carbocycles. The SMILES string of the molecule is C=CCn1c(SCC(=O)Nc2c(C)cc(C)cc2C)nnc1-c1cc2cc(Cl)ccc2o1. The summed E-state index contributed by atoms with van der Waals surface area (Å²) in [6, 6.07) is 11.4. The summed E-state index contributed by atoms with van der Waals surface area (Å²) in [5, 5.41) is 13.8. The largest absolute Gasteiger partial charge is 0.453 e. The van der Waals surface area contributed by atoms with E-state index in [9.17, 15) is 4.79 Å². The molecule has 1 amide bonds. The Labute approximate surface area is 195 Å². The van der Waals surface area contributed by atoms with Gasteiger partial charge in [0.1, 0.15) is 5.58 Å². The minimum atomic E-state index is -0.0989. The number of nitrogens with zero attached hydrogens (tertiary/aromatic N) is 3. The van der Waals surface area contributed by atoms with Crippen molar-refractivity contribution >= 4 is 45.9 Å². The summed E-state index contributed by atoms with van der Waals surface area (Å²) in [4.78, 5) is 12.6. The highest BCUT2D eigenvalue weighted by Gasteiger charge is 2.19. The van der Waals surface area contributed by atoms with Crippen LogP contribution in [0.4, 0.5) is 5.69 Å². The number of halogens is 1. The molecule has 0 aliphatic heterocycles. The van der Waals surface area contributed by atoms with Crippen molar-refractivity contribution in [2.24, 2.45) is 0 Å². The fourth-order valence-corrected chi connectivity index (χ4v) is 4.61. The third kappa shape index (κ3) is 4.59. The monoisotopic (exact) mass is 466 g/mol. The molecule has 2 aromatic heterocycles. The van der Waals surface area contributed by atoms with Crippen LogP contribution in [0.25, 0.3) is 22.6 Å². The molecule has 0 spiro atoms. The van der Waals surface area contributed by atoms with Crippen LogP contribution in [-0.4, -0.2) is 26.4 Å². The van der Waals surface area contributed by atoms with E-state index >= 15 is 0 Å². The maximum absolute atomic E-state index is 12.6. The molecule has 1 N–H and O–H groups in total. The van der Waals surface area contributed by atoms with E-state index in [2.05, 4.69) is 34.2 Å². The number of carbonyl (C=O) groups is 1. The van der Waals surface area contributed by atoms with E-state index in [0.717, 1.165) is 27.8 Å². The van der Waals surface area contributed by atoms with Crippen molar-refractivity contribution in [3.05, 3.63) is 70.8 Å². The molecule has 4 aromatic rings. The van der Waals surface area contributed by atoms with Gasteiger partial charge in [0.25, 0.3) is 0 Å². The van der Waals surface area contributed by atoms with Crippen LogP contribution in [0.3, 0.4) is 0 Å². The van der Waals surface area contributed by atoms with Crippen LogP contribution in [0.2, 0.25) is 5.02 Å². The number of aryl methyl sites for hydroxylation is 3. The molecule has 6 nitrogen and oxygen atoms in total. The summed E-state index contributed by atoms with van der Waals surface area (Å²) < 4.78 is 7.83. The van der Waals surface area contributed by atoms with Gasteiger partial charge in [-0.05, 0) is 56.2 Å². The zero-order valence-corrected chi connectivity index (χ0v) is 19.7. The van der Waals surface area contributed by atoms with Gasteiger partial charge in [-0.15, -0.1) is 16.8 Å². The lowest BCUT2D eigenvalue weighted by Gasteiger charge is -2.12. The van der Waals surface area contributed by atoms with Gasteiger partial charge in [-0.25, -0.2) is 0 Å². The number of amides is 1. The van der Waals surface area contributed by atoms with E-state index < -0.39 is 0 Å². The Bertz CT molecular complexity index is 1300. The van der Waals surface area contributed by atoms with Crippen LogP contribution in [-0.2, 0) is 11.3 Å². The maximum Gasteiger partial charge on any atom is 0.234 e. The van der Waals surface area contributed by atoms with Gasteiger partial charge in [0.15, 0.2) is 10.9 Å². The minimum Gasteiger partial charge on any atom is -0.453 e. The van der Waals surface area contributed by atoms with Crippen molar-refractivity contribution in [2.45, 2.75) is 32.5 Å². The lowest BCUT2D eigenvalue weighted by atomic mass is 10.1. The molecule has 0 aliphatic carbocycles. The van der Waals surface area contributed by atoms with Crippen LogP contribution in [0, 0.1) is 20.8 Å². The lowest BCUT2D eigenvalue weighted by Crippen LogP contribution is -2.16. The fraction of sp³-hybridized carbons (Fsp3) is 0.208.